The van der Waals surface area contributed by atoms with Gasteiger partial charge < -0.3 is 14.8 Å². The SMILES string of the molecule is CNCC1CC(OCC(C)(C)C(=O)OC)C1. The Labute approximate surface area is 97.7 Å². The molecule has 0 spiro atoms. The van der Waals surface area contributed by atoms with Crippen LogP contribution in [-0.2, 0) is 14.3 Å². The molecule has 1 rings (SSSR count). The highest BCUT2D eigenvalue weighted by Gasteiger charge is 2.34. The molecule has 0 atom stereocenters. The summed E-state index contributed by atoms with van der Waals surface area (Å²) in [5.74, 6) is 0.523. The molecule has 1 N–H and O–H groups in total. The van der Waals surface area contributed by atoms with E-state index in [4.69, 9.17) is 9.47 Å². The van der Waals surface area contributed by atoms with Crippen LogP contribution in [0.1, 0.15) is 26.7 Å². The topological polar surface area (TPSA) is 47.6 Å². The van der Waals surface area contributed by atoms with Crippen LogP contribution >= 0.6 is 0 Å². The monoisotopic (exact) mass is 229 g/mol. The molecule has 0 aromatic rings. The molecule has 0 bridgehead atoms. The highest BCUT2D eigenvalue weighted by atomic mass is 16.5. The second kappa shape index (κ2) is 5.64. The van der Waals surface area contributed by atoms with Crippen LogP contribution in [0.15, 0.2) is 0 Å². The number of esters is 1. The van der Waals surface area contributed by atoms with Gasteiger partial charge in [-0.05, 0) is 46.2 Å². The van der Waals surface area contributed by atoms with Gasteiger partial charge in [-0.15, -0.1) is 0 Å². The molecule has 0 saturated heterocycles. The van der Waals surface area contributed by atoms with Gasteiger partial charge in [0.05, 0.1) is 25.2 Å². The number of carbonyl (C=O) groups is 1. The molecule has 16 heavy (non-hydrogen) atoms. The first-order chi connectivity index (χ1) is 7.49. The standard InChI is InChI=1S/C12H23NO3/c1-12(2,11(14)15-4)8-16-10-5-9(6-10)7-13-3/h9-10,13H,5-8H2,1-4H3. The van der Waals surface area contributed by atoms with Crippen LogP contribution in [0.5, 0.6) is 0 Å². The summed E-state index contributed by atoms with van der Waals surface area (Å²) in [7, 11) is 3.38. The summed E-state index contributed by atoms with van der Waals surface area (Å²) >= 11 is 0. The first kappa shape index (κ1) is 13.5. The lowest BCUT2D eigenvalue weighted by Gasteiger charge is -2.36. The van der Waals surface area contributed by atoms with Gasteiger partial charge in [0.15, 0.2) is 0 Å². The molecule has 0 radical (unpaired) electrons. The molecule has 1 saturated carbocycles. The molecule has 4 heteroatoms. The Balaban J connectivity index is 2.19. The van der Waals surface area contributed by atoms with E-state index < -0.39 is 5.41 Å². The Morgan fingerprint density at radius 1 is 1.44 bits per heavy atom. The van der Waals surface area contributed by atoms with Crippen molar-refractivity contribution in [2.24, 2.45) is 11.3 Å². The molecule has 94 valence electrons. The van der Waals surface area contributed by atoms with Gasteiger partial charge >= 0.3 is 5.97 Å². The summed E-state index contributed by atoms with van der Waals surface area (Å²) in [5, 5.41) is 3.16. The maximum absolute atomic E-state index is 11.4. The van der Waals surface area contributed by atoms with Crippen molar-refractivity contribution in [3.05, 3.63) is 0 Å². The third-order valence-corrected chi connectivity index (χ3v) is 3.10. The smallest absolute Gasteiger partial charge is 0.313 e. The minimum Gasteiger partial charge on any atom is -0.469 e. The molecule has 0 unspecified atom stereocenters. The zero-order valence-corrected chi connectivity index (χ0v) is 10.7. The minimum absolute atomic E-state index is 0.210. The number of hydrogen-bond acceptors (Lipinski definition) is 4. The molecular weight excluding hydrogens is 206 g/mol. The lowest BCUT2D eigenvalue weighted by Crippen LogP contribution is -2.40. The second-order valence-corrected chi connectivity index (χ2v) is 5.20. The molecular formula is C12H23NO3. The number of nitrogens with one attached hydrogen (secondary N) is 1. The molecule has 0 amide bonds. The molecule has 1 aliphatic carbocycles. The van der Waals surface area contributed by atoms with E-state index in [9.17, 15) is 4.79 Å². The average molecular weight is 229 g/mol. The fourth-order valence-corrected chi connectivity index (χ4v) is 1.93. The van der Waals surface area contributed by atoms with Gasteiger partial charge in [0, 0.05) is 0 Å². The lowest BCUT2D eigenvalue weighted by atomic mass is 9.82. The van der Waals surface area contributed by atoms with E-state index in [0.29, 0.717) is 12.7 Å². The van der Waals surface area contributed by atoms with Gasteiger partial charge in [-0.2, -0.15) is 0 Å². The van der Waals surface area contributed by atoms with Crippen molar-refractivity contribution in [1.82, 2.24) is 5.32 Å². The van der Waals surface area contributed by atoms with E-state index in [1.165, 1.54) is 7.11 Å². The summed E-state index contributed by atoms with van der Waals surface area (Å²) in [5.41, 5.74) is -0.539. The van der Waals surface area contributed by atoms with Crippen molar-refractivity contribution in [3.63, 3.8) is 0 Å². The Hall–Kier alpha value is -0.610. The quantitative estimate of drug-likeness (QED) is 0.695. The summed E-state index contributed by atoms with van der Waals surface area (Å²) in [6.07, 6.45) is 2.51. The third-order valence-electron chi connectivity index (χ3n) is 3.10. The number of ether oxygens (including phenoxy) is 2. The molecule has 0 aromatic carbocycles. The van der Waals surface area contributed by atoms with Crippen LogP contribution in [0.2, 0.25) is 0 Å². The van der Waals surface area contributed by atoms with Gasteiger partial charge in [0.2, 0.25) is 0 Å². The molecule has 0 aliphatic heterocycles. The highest BCUT2D eigenvalue weighted by molar-refractivity contribution is 5.75. The minimum atomic E-state index is -0.539. The summed E-state index contributed by atoms with van der Waals surface area (Å²) in [6.45, 7) is 5.20. The van der Waals surface area contributed by atoms with Gasteiger partial charge in [-0.25, -0.2) is 0 Å². The fraction of sp³-hybridized carbons (Fsp3) is 0.917. The van der Waals surface area contributed by atoms with E-state index in [1.807, 2.05) is 20.9 Å². The third kappa shape index (κ3) is 3.46. The van der Waals surface area contributed by atoms with Crippen LogP contribution < -0.4 is 5.32 Å². The van der Waals surface area contributed by atoms with E-state index in [0.717, 1.165) is 25.3 Å². The normalized spacial score (nSPS) is 25.0. The molecule has 4 nitrogen and oxygen atoms in total. The molecule has 1 fully saturated rings. The average Bonchev–Trinajstić information content (AvgIpc) is 2.19. The van der Waals surface area contributed by atoms with Gasteiger partial charge in [0.25, 0.3) is 0 Å². The van der Waals surface area contributed by atoms with Crippen LogP contribution in [0.3, 0.4) is 0 Å². The van der Waals surface area contributed by atoms with Crippen LogP contribution in [0.25, 0.3) is 0 Å². The maximum atomic E-state index is 11.4. The summed E-state index contributed by atoms with van der Waals surface area (Å²) in [6, 6.07) is 0. The van der Waals surface area contributed by atoms with Gasteiger partial charge in [-0.1, -0.05) is 0 Å². The number of rotatable bonds is 6. The van der Waals surface area contributed by atoms with E-state index in [2.05, 4.69) is 5.32 Å². The van der Waals surface area contributed by atoms with Gasteiger partial charge in [0.1, 0.15) is 0 Å². The first-order valence-electron chi connectivity index (χ1n) is 5.84. The number of carbonyl (C=O) groups excluding carboxylic acids is 1. The summed E-state index contributed by atoms with van der Waals surface area (Å²) < 4.78 is 10.4. The Morgan fingerprint density at radius 3 is 2.56 bits per heavy atom. The largest absolute Gasteiger partial charge is 0.469 e. The van der Waals surface area contributed by atoms with Crippen molar-refractivity contribution in [1.29, 1.82) is 0 Å². The highest BCUT2D eigenvalue weighted by Crippen LogP contribution is 2.31. The lowest BCUT2D eigenvalue weighted by molar-refractivity contribution is -0.157. The van der Waals surface area contributed by atoms with Crippen molar-refractivity contribution < 1.29 is 14.3 Å². The van der Waals surface area contributed by atoms with Crippen molar-refractivity contribution in [2.45, 2.75) is 32.8 Å². The molecule has 1 aliphatic rings. The van der Waals surface area contributed by atoms with E-state index >= 15 is 0 Å². The summed E-state index contributed by atoms with van der Waals surface area (Å²) in [4.78, 5) is 11.4. The zero-order valence-electron chi connectivity index (χ0n) is 10.7. The van der Waals surface area contributed by atoms with Gasteiger partial charge in [-0.3, -0.25) is 4.79 Å². The Bertz CT molecular complexity index is 234. The molecule has 0 heterocycles. The van der Waals surface area contributed by atoms with E-state index in [1.54, 1.807) is 0 Å². The van der Waals surface area contributed by atoms with E-state index in [-0.39, 0.29) is 5.97 Å². The Morgan fingerprint density at radius 2 is 2.06 bits per heavy atom. The van der Waals surface area contributed by atoms with Crippen LogP contribution in [0, 0.1) is 11.3 Å². The maximum Gasteiger partial charge on any atom is 0.313 e. The zero-order chi connectivity index (χ0) is 12.2. The van der Waals surface area contributed by atoms with Crippen molar-refractivity contribution >= 4 is 5.97 Å². The van der Waals surface area contributed by atoms with Crippen molar-refractivity contribution in [2.75, 3.05) is 27.3 Å². The number of methoxy groups -OCH3 is 1. The van der Waals surface area contributed by atoms with Crippen LogP contribution in [-0.4, -0.2) is 39.4 Å². The predicted molar refractivity (Wildman–Crippen MR) is 62.2 cm³/mol. The van der Waals surface area contributed by atoms with Crippen molar-refractivity contribution in [3.8, 4) is 0 Å². The van der Waals surface area contributed by atoms with Crippen LogP contribution in [0.4, 0.5) is 0 Å². The fourth-order valence-electron chi connectivity index (χ4n) is 1.93. The predicted octanol–water partition coefficient (Wildman–Crippen LogP) is 1.20. The molecule has 0 aromatic heterocycles. The Kier molecular flexibility index (Phi) is 4.74. The first-order valence-corrected chi connectivity index (χ1v) is 5.84. The number of hydrogen-bond donors (Lipinski definition) is 1. The second-order valence-electron chi connectivity index (χ2n) is 5.20.